The highest BCUT2D eigenvalue weighted by Gasteiger charge is 2.32. The fourth-order valence-corrected chi connectivity index (χ4v) is 2.29. The van der Waals surface area contributed by atoms with Crippen LogP contribution in [-0.2, 0) is 11.2 Å². The van der Waals surface area contributed by atoms with E-state index in [9.17, 15) is 5.11 Å². The number of aliphatic hydroxyl groups is 1. The highest BCUT2D eigenvalue weighted by molar-refractivity contribution is 5.29. The molecule has 0 aliphatic carbocycles. The molecule has 1 aromatic carbocycles. The number of ether oxygens (including phenoxy) is 1. The van der Waals surface area contributed by atoms with Crippen molar-refractivity contribution >= 4 is 0 Å². The Balaban J connectivity index is 2.16. The molecular weight excluding hydrogens is 188 g/mol. The maximum Gasteiger partial charge on any atom is 0.0942 e. The zero-order chi connectivity index (χ0) is 10.9. The van der Waals surface area contributed by atoms with Crippen molar-refractivity contribution in [1.82, 2.24) is 0 Å². The van der Waals surface area contributed by atoms with Crippen molar-refractivity contribution in [2.24, 2.45) is 0 Å². The van der Waals surface area contributed by atoms with Crippen LogP contribution in [0.25, 0.3) is 0 Å². The molecule has 1 atom stereocenters. The fourth-order valence-electron chi connectivity index (χ4n) is 2.29. The van der Waals surface area contributed by atoms with Crippen LogP contribution in [0, 0.1) is 13.8 Å². The Morgan fingerprint density at radius 3 is 2.47 bits per heavy atom. The van der Waals surface area contributed by atoms with Crippen LogP contribution in [-0.4, -0.2) is 23.9 Å². The highest BCUT2D eigenvalue weighted by Crippen LogP contribution is 2.24. The van der Waals surface area contributed by atoms with Crippen molar-refractivity contribution in [3.63, 3.8) is 0 Å². The first-order valence-corrected chi connectivity index (χ1v) is 5.45. The number of aryl methyl sites for hydroxylation is 2. The third-order valence-electron chi connectivity index (χ3n) is 2.90. The molecule has 1 N–H and O–H groups in total. The molecule has 82 valence electrons. The Kier molecular flexibility index (Phi) is 2.81. The number of hydrogen-bond acceptors (Lipinski definition) is 2. The maximum absolute atomic E-state index is 10.2. The molecule has 1 aliphatic rings. The van der Waals surface area contributed by atoms with Crippen molar-refractivity contribution in [2.75, 3.05) is 13.2 Å². The molecule has 0 amide bonds. The quantitative estimate of drug-likeness (QED) is 0.802. The number of hydrogen-bond donors (Lipinski definition) is 1. The van der Waals surface area contributed by atoms with E-state index in [1.54, 1.807) is 0 Å². The summed E-state index contributed by atoms with van der Waals surface area (Å²) in [6.45, 7) is 5.33. The summed E-state index contributed by atoms with van der Waals surface area (Å²) in [4.78, 5) is 0. The van der Waals surface area contributed by atoms with E-state index in [-0.39, 0.29) is 0 Å². The molecule has 1 saturated heterocycles. The third kappa shape index (κ3) is 2.58. The van der Waals surface area contributed by atoms with Crippen molar-refractivity contribution in [3.8, 4) is 0 Å². The van der Waals surface area contributed by atoms with Crippen molar-refractivity contribution in [3.05, 3.63) is 34.9 Å². The van der Waals surface area contributed by atoms with Gasteiger partial charge in [-0.1, -0.05) is 29.3 Å². The Morgan fingerprint density at radius 1 is 1.27 bits per heavy atom. The second-order valence-corrected chi connectivity index (χ2v) is 4.70. The van der Waals surface area contributed by atoms with E-state index >= 15 is 0 Å². The normalized spacial score (nSPS) is 25.8. The van der Waals surface area contributed by atoms with Gasteiger partial charge in [-0.05, 0) is 19.4 Å². The molecule has 1 aliphatic heterocycles. The average molecular weight is 206 g/mol. The van der Waals surface area contributed by atoms with E-state index in [1.165, 1.54) is 16.7 Å². The molecule has 2 rings (SSSR count). The molecule has 1 heterocycles. The van der Waals surface area contributed by atoms with Gasteiger partial charge in [0.2, 0.25) is 0 Å². The van der Waals surface area contributed by atoms with Gasteiger partial charge in [0.1, 0.15) is 0 Å². The van der Waals surface area contributed by atoms with E-state index in [2.05, 4.69) is 32.0 Å². The van der Waals surface area contributed by atoms with Gasteiger partial charge in [0.15, 0.2) is 0 Å². The Bertz CT molecular complexity index is 331. The summed E-state index contributed by atoms with van der Waals surface area (Å²) in [7, 11) is 0. The lowest BCUT2D eigenvalue weighted by Crippen LogP contribution is -2.31. The molecule has 0 spiro atoms. The summed E-state index contributed by atoms with van der Waals surface area (Å²) in [6, 6.07) is 6.44. The molecule has 1 fully saturated rings. The predicted octanol–water partition coefficient (Wildman–Crippen LogP) is 2.00. The summed E-state index contributed by atoms with van der Waals surface area (Å²) in [6.07, 6.45) is 1.45. The first-order valence-electron chi connectivity index (χ1n) is 5.45. The average Bonchev–Trinajstić information content (AvgIpc) is 2.49. The molecule has 1 aromatic rings. The SMILES string of the molecule is Cc1cc(C)cc(CC2(O)CCOC2)c1. The van der Waals surface area contributed by atoms with Crippen LogP contribution in [0.5, 0.6) is 0 Å². The lowest BCUT2D eigenvalue weighted by Gasteiger charge is -2.20. The summed E-state index contributed by atoms with van der Waals surface area (Å²) in [5.41, 5.74) is 3.08. The van der Waals surface area contributed by atoms with Gasteiger partial charge in [-0.25, -0.2) is 0 Å². The zero-order valence-electron chi connectivity index (χ0n) is 9.42. The predicted molar refractivity (Wildman–Crippen MR) is 60.0 cm³/mol. The molecule has 2 heteroatoms. The molecule has 2 nitrogen and oxygen atoms in total. The first kappa shape index (κ1) is 10.7. The summed E-state index contributed by atoms with van der Waals surface area (Å²) in [5, 5.41) is 10.2. The molecule has 0 radical (unpaired) electrons. The standard InChI is InChI=1S/C13H18O2/c1-10-5-11(2)7-12(6-10)8-13(14)3-4-15-9-13/h5-7,14H,3-4,8-9H2,1-2H3. The highest BCUT2D eigenvalue weighted by atomic mass is 16.5. The summed E-state index contributed by atoms with van der Waals surface area (Å²) >= 11 is 0. The van der Waals surface area contributed by atoms with Crippen LogP contribution in [0.4, 0.5) is 0 Å². The van der Waals surface area contributed by atoms with E-state index in [0.717, 1.165) is 6.42 Å². The van der Waals surface area contributed by atoms with Gasteiger partial charge in [-0.15, -0.1) is 0 Å². The molecule has 0 saturated carbocycles. The summed E-state index contributed by atoms with van der Waals surface area (Å²) < 4.78 is 5.24. The summed E-state index contributed by atoms with van der Waals surface area (Å²) in [5.74, 6) is 0. The monoisotopic (exact) mass is 206 g/mol. The topological polar surface area (TPSA) is 29.5 Å². The minimum absolute atomic E-state index is 0.472. The lowest BCUT2D eigenvalue weighted by molar-refractivity contribution is 0.0270. The Labute approximate surface area is 90.9 Å². The number of rotatable bonds is 2. The molecule has 0 aromatic heterocycles. The number of benzene rings is 1. The molecular formula is C13H18O2. The van der Waals surface area contributed by atoms with Gasteiger partial charge >= 0.3 is 0 Å². The van der Waals surface area contributed by atoms with Crippen LogP contribution in [0.2, 0.25) is 0 Å². The van der Waals surface area contributed by atoms with Gasteiger partial charge in [-0.2, -0.15) is 0 Å². The van der Waals surface area contributed by atoms with E-state index in [1.807, 2.05) is 0 Å². The van der Waals surface area contributed by atoms with Crippen molar-refractivity contribution < 1.29 is 9.84 Å². The molecule has 15 heavy (non-hydrogen) atoms. The largest absolute Gasteiger partial charge is 0.387 e. The smallest absolute Gasteiger partial charge is 0.0942 e. The van der Waals surface area contributed by atoms with E-state index in [0.29, 0.717) is 19.6 Å². The fraction of sp³-hybridized carbons (Fsp3) is 0.538. The van der Waals surface area contributed by atoms with Gasteiger partial charge in [0.05, 0.1) is 12.2 Å². The second-order valence-electron chi connectivity index (χ2n) is 4.70. The van der Waals surface area contributed by atoms with Crippen LogP contribution < -0.4 is 0 Å². The lowest BCUT2D eigenvalue weighted by atomic mass is 9.92. The Morgan fingerprint density at radius 2 is 1.93 bits per heavy atom. The minimum atomic E-state index is -0.639. The zero-order valence-corrected chi connectivity index (χ0v) is 9.42. The molecule has 1 unspecified atom stereocenters. The van der Waals surface area contributed by atoms with Gasteiger partial charge in [-0.3, -0.25) is 0 Å². The van der Waals surface area contributed by atoms with Crippen LogP contribution >= 0.6 is 0 Å². The van der Waals surface area contributed by atoms with Gasteiger partial charge in [0.25, 0.3) is 0 Å². The van der Waals surface area contributed by atoms with Crippen LogP contribution in [0.15, 0.2) is 18.2 Å². The van der Waals surface area contributed by atoms with Crippen LogP contribution in [0.3, 0.4) is 0 Å². The maximum atomic E-state index is 10.2. The van der Waals surface area contributed by atoms with Crippen molar-refractivity contribution in [2.45, 2.75) is 32.3 Å². The first-order chi connectivity index (χ1) is 7.07. The van der Waals surface area contributed by atoms with Crippen LogP contribution in [0.1, 0.15) is 23.1 Å². The van der Waals surface area contributed by atoms with Gasteiger partial charge < -0.3 is 9.84 Å². The Hall–Kier alpha value is -0.860. The van der Waals surface area contributed by atoms with E-state index < -0.39 is 5.60 Å². The van der Waals surface area contributed by atoms with Crippen molar-refractivity contribution in [1.29, 1.82) is 0 Å². The second kappa shape index (κ2) is 3.95. The minimum Gasteiger partial charge on any atom is -0.387 e. The molecule has 0 bridgehead atoms. The van der Waals surface area contributed by atoms with Gasteiger partial charge in [0, 0.05) is 19.4 Å². The van der Waals surface area contributed by atoms with E-state index in [4.69, 9.17) is 4.74 Å². The third-order valence-corrected chi connectivity index (χ3v) is 2.90.